The summed E-state index contributed by atoms with van der Waals surface area (Å²) in [7, 11) is 0. The van der Waals surface area contributed by atoms with Crippen LogP contribution in [0, 0.1) is 11.6 Å². The molecule has 1 N–H and O–H groups in total. The molecule has 1 aliphatic rings. The lowest BCUT2D eigenvalue weighted by molar-refractivity contribution is -0.116. The number of nitrogens with zero attached hydrogens (tertiary/aromatic N) is 1. The number of hydrogen-bond donors (Lipinski definition) is 1. The molecule has 1 aliphatic heterocycles. The molecular formula is C18H16F2N2O2. The molecule has 0 unspecified atom stereocenters. The number of carbonyl (C=O) groups excluding carboxylic acids is 2. The Bertz CT molecular complexity index is 821. The molecule has 0 spiro atoms. The largest absolute Gasteiger partial charge is 0.322 e. The topological polar surface area (TPSA) is 49.4 Å². The maximum Gasteiger partial charge on any atom is 0.255 e. The number of anilines is 2. The zero-order valence-electron chi connectivity index (χ0n) is 13.1. The van der Waals surface area contributed by atoms with E-state index in [1.807, 2.05) is 6.07 Å². The highest BCUT2D eigenvalue weighted by Gasteiger charge is 2.20. The predicted octanol–water partition coefficient (Wildman–Crippen LogP) is 3.52. The van der Waals surface area contributed by atoms with Gasteiger partial charge in [0.1, 0.15) is 0 Å². The van der Waals surface area contributed by atoms with Gasteiger partial charge < -0.3 is 10.2 Å². The fourth-order valence-electron chi connectivity index (χ4n) is 2.84. The van der Waals surface area contributed by atoms with Gasteiger partial charge in [-0.2, -0.15) is 0 Å². The Morgan fingerprint density at radius 3 is 2.58 bits per heavy atom. The molecule has 0 radical (unpaired) electrons. The summed E-state index contributed by atoms with van der Waals surface area (Å²) in [5.74, 6) is -2.60. The molecule has 4 nitrogen and oxygen atoms in total. The maximum atomic E-state index is 13.2. The minimum absolute atomic E-state index is 0.0190. The molecule has 0 aromatic heterocycles. The molecule has 0 saturated heterocycles. The second-order valence-electron chi connectivity index (χ2n) is 5.70. The van der Waals surface area contributed by atoms with Gasteiger partial charge in [-0.3, -0.25) is 9.59 Å². The molecule has 24 heavy (non-hydrogen) atoms. The molecule has 0 bridgehead atoms. The van der Waals surface area contributed by atoms with Gasteiger partial charge in [-0.05, 0) is 54.8 Å². The molecule has 6 heteroatoms. The minimum Gasteiger partial charge on any atom is -0.322 e. The van der Waals surface area contributed by atoms with E-state index in [0.717, 1.165) is 36.2 Å². The first-order valence-electron chi connectivity index (χ1n) is 7.63. The van der Waals surface area contributed by atoms with Crippen molar-refractivity contribution in [2.75, 3.05) is 16.8 Å². The minimum atomic E-state index is -1.06. The standard InChI is InChI=1S/C18H16F2N2O2/c1-11(23)22-8-2-3-12-9-14(5-7-17(12)22)21-18(24)13-4-6-15(19)16(20)10-13/h4-7,9-10H,2-3,8H2,1H3,(H,21,24). The van der Waals surface area contributed by atoms with Crippen LogP contribution in [0.15, 0.2) is 36.4 Å². The zero-order valence-corrected chi connectivity index (χ0v) is 13.1. The molecule has 2 aromatic carbocycles. The summed E-state index contributed by atoms with van der Waals surface area (Å²) in [5, 5.41) is 2.67. The lowest BCUT2D eigenvalue weighted by atomic mass is 10.0. The van der Waals surface area contributed by atoms with E-state index in [0.29, 0.717) is 12.2 Å². The highest BCUT2D eigenvalue weighted by atomic mass is 19.2. The number of fused-ring (bicyclic) bond motifs is 1. The van der Waals surface area contributed by atoms with Gasteiger partial charge >= 0.3 is 0 Å². The van der Waals surface area contributed by atoms with Crippen molar-refractivity contribution in [2.24, 2.45) is 0 Å². The van der Waals surface area contributed by atoms with Gasteiger partial charge in [0.15, 0.2) is 11.6 Å². The third-order valence-electron chi connectivity index (χ3n) is 4.02. The summed E-state index contributed by atoms with van der Waals surface area (Å²) in [5.41, 5.74) is 2.41. The van der Waals surface area contributed by atoms with Gasteiger partial charge in [-0.25, -0.2) is 8.78 Å². The molecule has 0 aliphatic carbocycles. The van der Waals surface area contributed by atoms with E-state index < -0.39 is 17.5 Å². The van der Waals surface area contributed by atoms with Crippen LogP contribution in [0.1, 0.15) is 29.3 Å². The highest BCUT2D eigenvalue weighted by molar-refractivity contribution is 6.04. The van der Waals surface area contributed by atoms with Gasteiger partial charge in [0.05, 0.1) is 0 Å². The van der Waals surface area contributed by atoms with Crippen molar-refractivity contribution in [3.63, 3.8) is 0 Å². The van der Waals surface area contributed by atoms with Crippen LogP contribution in [-0.4, -0.2) is 18.4 Å². The first-order chi connectivity index (χ1) is 11.5. The summed E-state index contributed by atoms with van der Waals surface area (Å²) in [6.07, 6.45) is 1.67. The Labute approximate surface area is 138 Å². The molecule has 0 saturated carbocycles. The van der Waals surface area contributed by atoms with Crippen LogP contribution in [0.5, 0.6) is 0 Å². The molecular weight excluding hydrogens is 314 g/mol. The van der Waals surface area contributed by atoms with Crippen molar-refractivity contribution in [3.05, 3.63) is 59.2 Å². The van der Waals surface area contributed by atoms with Gasteiger partial charge in [-0.1, -0.05) is 0 Å². The summed E-state index contributed by atoms with van der Waals surface area (Å²) < 4.78 is 26.2. The average Bonchev–Trinajstić information content (AvgIpc) is 2.56. The highest BCUT2D eigenvalue weighted by Crippen LogP contribution is 2.30. The van der Waals surface area contributed by atoms with Crippen molar-refractivity contribution in [3.8, 4) is 0 Å². The Balaban J connectivity index is 1.82. The van der Waals surface area contributed by atoms with Gasteiger partial charge in [0.25, 0.3) is 5.91 Å². The molecule has 124 valence electrons. The van der Waals surface area contributed by atoms with E-state index in [4.69, 9.17) is 0 Å². The van der Waals surface area contributed by atoms with Crippen LogP contribution >= 0.6 is 0 Å². The van der Waals surface area contributed by atoms with Crippen LogP contribution < -0.4 is 10.2 Å². The molecule has 2 amide bonds. The van der Waals surface area contributed by atoms with Crippen LogP contribution in [-0.2, 0) is 11.2 Å². The molecule has 0 fully saturated rings. The fourth-order valence-corrected chi connectivity index (χ4v) is 2.84. The fraction of sp³-hybridized carbons (Fsp3) is 0.222. The van der Waals surface area contributed by atoms with Crippen molar-refractivity contribution < 1.29 is 18.4 Å². The number of halogens is 2. The van der Waals surface area contributed by atoms with Crippen molar-refractivity contribution in [2.45, 2.75) is 19.8 Å². The lowest BCUT2D eigenvalue weighted by Gasteiger charge is -2.29. The third kappa shape index (κ3) is 3.13. The quantitative estimate of drug-likeness (QED) is 0.916. The molecule has 0 atom stereocenters. The Morgan fingerprint density at radius 2 is 1.88 bits per heavy atom. The van der Waals surface area contributed by atoms with Crippen LogP contribution in [0.4, 0.5) is 20.2 Å². The predicted molar refractivity (Wildman–Crippen MR) is 87.1 cm³/mol. The summed E-state index contributed by atoms with van der Waals surface area (Å²) in [4.78, 5) is 25.5. The van der Waals surface area contributed by atoms with Gasteiger partial charge in [-0.15, -0.1) is 0 Å². The van der Waals surface area contributed by atoms with Crippen LogP contribution in [0.2, 0.25) is 0 Å². The Kier molecular flexibility index (Phi) is 4.29. The number of carbonyl (C=O) groups is 2. The normalized spacial score (nSPS) is 13.4. The van der Waals surface area contributed by atoms with Gasteiger partial charge in [0.2, 0.25) is 5.91 Å². The van der Waals surface area contributed by atoms with E-state index in [1.54, 1.807) is 17.0 Å². The number of benzene rings is 2. The zero-order chi connectivity index (χ0) is 17.3. The molecule has 1 heterocycles. The number of hydrogen-bond acceptors (Lipinski definition) is 2. The van der Waals surface area contributed by atoms with E-state index >= 15 is 0 Å². The summed E-state index contributed by atoms with van der Waals surface area (Å²) >= 11 is 0. The summed E-state index contributed by atoms with van der Waals surface area (Å²) in [6, 6.07) is 8.29. The number of aryl methyl sites for hydroxylation is 1. The molecule has 2 aromatic rings. The van der Waals surface area contributed by atoms with E-state index in [2.05, 4.69) is 5.32 Å². The second-order valence-corrected chi connectivity index (χ2v) is 5.70. The van der Waals surface area contributed by atoms with Crippen molar-refractivity contribution in [1.29, 1.82) is 0 Å². The smallest absolute Gasteiger partial charge is 0.255 e. The lowest BCUT2D eigenvalue weighted by Crippen LogP contribution is -2.33. The first-order valence-corrected chi connectivity index (χ1v) is 7.63. The van der Waals surface area contributed by atoms with E-state index in [9.17, 15) is 18.4 Å². The maximum absolute atomic E-state index is 13.2. The summed E-state index contributed by atoms with van der Waals surface area (Å²) in [6.45, 7) is 2.21. The van der Waals surface area contributed by atoms with Crippen molar-refractivity contribution in [1.82, 2.24) is 0 Å². The number of amides is 2. The van der Waals surface area contributed by atoms with E-state index in [-0.39, 0.29) is 11.5 Å². The number of rotatable bonds is 2. The third-order valence-corrected chi connectivity index (χ3v) is 4.02. The Hall–Kier alpha value is -2.76. The van der Waals surface area contributed by atoms with Crippen molar-refractivity contribution >= 4 is 23.2 Å². The monoisotopic (exact) mass is 330 g/mol. The average molecular weight is 330 g/mol. The first kappa shape index (κ1) is 16.1. The van der Waals surface area contributed by atoms with Crippen LogP contribution in [0.3, 0.4) is 0 Å². The van der Waals surface area contributed by atoms with Crippen LogP contribution in [0.25, 0.3) is 0 Å². The van der Waals surface area contributed by atoms with Gasteiger partial charge in [0, 0.05) is 30.4 Å². The number of nitrogens with one attached hydrogen (secondary N) is 1. The van der Waals surface area contributed by atoms with E-state index in [1.165, 1.54) is 13.0 Å². The SMILES string of the molecule is CC(=O)N1CCCc2cc(NC(=O)c3ccc(F)c(F)c3)ccc21. The second kappa shape index (κ2) is 6.39. The Morgan fingerprint density at radius 1 is 1.08 bits per heavy atom. The molecule has 3 rings (SSSR count).